The topological polar surface area (TPSA) is 20.2 Å². The summed E-state index contributed by atoms with van der Waals surface area (Å²) >= 11 is 0. The number of aliphatic hydroxyl groups excluding tert-OH is 1. The van der Waals surface area contributed by atoms with Crippen LogP contribution in [0.5, 0.6) is 0 Å². The lowest BCUT2D eigenvalue weighted by Gasteiger charge is -2.16. The largest absolute Gasteiger partial charge is 0.512 e. The summed E-state index contributed by atoms with van der Waals surface area (Å²) in [6.07, 6.45) is 0. The Hall–Kier alpha value is -2.02. The van der Waals surface area contributed by atoms with Gasteiger partial charge in [0.1, 0.15) is 0 Å². The van der Waals surface area contributed by atoms with Gasteiger partial charge in [0.25, 0.3) is 0 Å². The Balaban J connectivity index is 2.44. The van der Waals surface area contributed by atoms with E-state index in [0.717, 1.165) is 11.1 Å². The first-order valence-electron chi connectivity index (χ1n) is 5.26. The number of hydrogen-bond acceptors (Lipinski definition) is 1. The fraction of sp³-hybridized carbons (Fsp3) is 0.0667. The molecule has 0 amide bonds. The number of hydrogen-bond donors (Lipinski definition) is 1. The Labute approximate surface area is 95.7 Å². The summed E-state index contributed by atoms with van der Waals surface area (Å²) < 4.78 is 0. The first kappa shape index (κ1) is 10.5. The summed E-state index contributed by atoms with van der Waals surface area (Å²) in [5.74, 6) is 0.0415. The number of rotatable bonds is 3. The van der Waals surface area contributed by atoms with Crippen molar-refractivity contribution in [2.45, 2.75) is 5.92 Å². The normalized spacial score (nSPS) is 10.3. The highest BCUT2D eigenvalue weighted by Crippen LogP contribution is 2.28. The molecule has 16 heavy (non-hydrogen) atoms. The molecule has 0 aliphatic carbocycles. The fourth-order valence-electron chi connectivity index (χ4n) is 1.87. The second kappa shape index (κ2) is 4.67. The van der Waals surface area contributed by atoms with E-state index < -0.39 is 0 Å². The second-order valence-corrected chi connectivity index (χ2v) is 3.75. The highest BCUT2D eigenvalue weighted by molar-refractivity contribution is 5.37. The monoisotopic (exact) mass is 210 g/mol. The van der Waals surface area contributed by atoms with E-state index >= 15 is 0 Å². The van der Waals surface area contributed by atoms with E-state index in [2.05, 4.69) is 6.58 Å². The van der Waals surface area contributed by atoms with Gasteiger partial charge in [0, 0.05) is 0 Å². The summed E-state index contributed by atoms with van der Waals surface area (Å²) in [6.45, 7) is 3.66. The Morgan fingerprint density at radius 2 is 1.19 bits per heavy atom. The van der Waals surface area contributed by atoms with Gasteiger partial charge in [0.15, 0.2) is 0 Å². The third-order valence-corrected chi connectivity index (χ3v) is 2.60. The molecule has 0 aromatic heterocycles. The van der Waals surface area contributed by atoms with Gasteiger partial charge in [-0.1, -0.05) is 67.2 Å². The molecular formula is C15H14O. The maximum Gasteiger partial charge on any atom is 0.0969 e. The van der Waals surface area contributed by atoms with E-state index in [-0.39, 0.29) is 11.7 Å². The molecule has 1 nitrogen and oxygen atoms in total. The smallest absolute Gasteiger partial charge is 0.0969 e. The molecule has 0 fully saturated rings. The van der Waals surface area contributed by atoms with Crippen LogP contribution >= 0.6 is 0 Å². The maximum atomic E-state index is 9.72. The van der Waals surface area contributed by atoms with Crippen LogP contribution in [0.15, 0.2) is 73.0 Å². The van der Waals surface area contributed by atoms with Gasteiger partial charge in [0.05, 0.1) is 11.7 Å². The van der Waals surface area contributed by atoms with Crippen molar-refractivity contribution < 1.29 is 5.11 Å². The molecule has 0 heterocycles. The van der Waals surface area contributed by atoms with E-state index in [1.807, 2.05) is 60.7 Å². The maximum absolute atomic E-state index is 9.72. The van der Waals surface area contributed by atoms with Crippen LogP contribution in [-0.2, 0) is 0 Å². The van der Waals surface area contributed by atoms with Gasteiger partial charge in [-0.2, -0.15) is 0 Å². The third-order valence-electron chi connectivity index (χ3n) is 2.60. The van der Waals surface area contributed by atoms with Gasteiger partial charge in [-0.25, -0.2) is 0 Å². The fourth-order valence-corrected chi connectivity index (χ4v) is 1.87. The molecule has 2 aromatic rings. The van der Waals surface area contributed by atoms with Gasteiger partial charge in [-0.3, -0.25) is 0 Å². The van der Waals surface area contributed by atoms with Gasteiger partial charge < -0.3 is 5.11 Å². The lowest BCUT2D eigenvalue weighted by atomic mass is 9.90. The number of aliphatic hydroxyl groups is 1. The Kier molecular flexibility index (Phi) is 3.06. The minimum absolute atomic E-state index is 0.137. The van der Waals surface area contributed by atoms with Crippen LogP contribution in [0.1, 0.15) is 17.0 Å². The van der Waals surface area contributed by atoms with Crippen LogP contribution in [0.4, 0.5) is 0 Å². The van der Waals surface area contributed by atoms with E-state index in [1.165, 1.54) is 0 Å². The average Bonchev–Trinajstić information content (AvgIpc) is 2.31. The molecule has 0 aliphatic heterocycles. The van der Waals surface area contributed by atoms with Crippen molar-refractivity contribution >= 4 is 0 Å². The van der Waals surface area contributed by atoms with Crippen LogP contribution in [0.3, 0.4) is 0 Å². The Morgan fingerprint density at radius 3 is 1.50 bits per heavy atom. The first-order chi connectivity index (χ1) is 7.79. The van der Waals surface area contributed by atoms with E-state index in [4.69, 9.17) is 0 Å². The molecule has 0 spiro atoms. The molecular weight excluding hydrogens is 196 g/mol. The van der Waals surface area contributed by atoms with Crippen molar-refractivity contribution in [3.63, 3.8) is 0 Å². The van der Waals surface area contributed by atoms with Crippen LogP contribution in [0, 0.1) is 0 Å². The Morgan fingerprint density at radius 1 is 0.812 bits per heavy atom. The summed E-state index contributed by atoms with van der Waals surface area (Å²) in [6, 6.07) is 19.8. The molecule has 0 saturated carbocycles. The third kappa shape index (κ3) is 2.14. The van der Waals surface area contributed by atoms with Crippen molar-refractivity contribution in [3.05, 3.63) is 84.1 Å². The minimum Gasteiger partial charge on any atom is -0.512 e. The van der Waals surface area contributed by atoms with Crippen molar-refractivity contribution in [3.8, 4) is 0 Å². The summed E-state index contributed by atoms with van der Waals surface area (Å²) in [5, 5.41) is 9.72. The molecule has 80 valence electrons. The molecule has 0 radical (unpaired) electrons. The zero-order chi connectivity index (χ0) is 11.4. The zero-order valence-electron chi connectivity index (χ0n) is 9.01. The van der Waals surface area contributed by atoms with Gasteiger partial charge in [-0.15, -0.1) is 0 Å². The second-order valence-electron chi connectivity index (χ2n) is 3.75. The predicted octanol–water partition coefficient (Wildman–Crippen LogP) is 3.89. The molecule has 0 bridgehead atoms. The van der Waals surface area contributed by atoms with Crippen molar-refractivity contribution in [1.29, 1.82) is 0 Å². The SMILES string of the molecule is C=C(O)C(c1ccccc1)c1ccccc1. The van der Waals surface area contributed by atoms with Crippen molar-refractivity contribution in [1.82, 2.24) is 0 Å². The lowest BCUT2D eigenvalue weighted by Crippen LogP contribution is -2.03. The number of benzene rings is 2. The van der Waals surface area contributed by atoms with Crippen LogP contribution in [0.25, 0.3) is 0 Å². The quantitative estimate of drug-likeness (QED) is 0.762. The molecule has 2 rings (SSSR count). The molecule has 0 unspecified atom stereocenters. The standard InChI is InChI=1S/C15H14O/c1-12(16)15(13-8-4-2-5-9-13)14-10-6-3-7-11-14/h2-11,15-16H,1H2. The van der Waals surface area contributed by atoms with E-state index in [1.54, 1.807) is 0 Å². The van der Waals surface area contributed by atoms with Gasteiger partial charge in [-0.05, 0) is 11.1 Å². The molecule has 0 aliphatic rings. The van der Waals surface area contributed by atoms with E-state index in [0.29, 0.717) is 0 Å². The zero-order valence-corrected chi connectivity index (χ0v) is 9.01. The first-order valence-corrected chi connectivity index (χ1v) is 5.26. The van der Waals surface area contributed by atoms with Crippen molar-refractivity contribution in [2.75, 3.05) is 0 Å². The molecule has 1 N–H and O–H groups in total. The van der Waals surface area contributed by atoms with Crippen LogP contribution < -0.4 is 0 Å². The van der Waals surface area contributed by atoms with E-state index in [9.17, 15) is 5.11 Å². The Bertz CT molecular complexity index is 420. The van der Waals surface area contributed by atoms with Crippen LogP contribution in [-0.4, -0.2) is 5.11 Å². The molecule has 1 heteroatoms. The minimum atomic E-state index is -0.137. The predicted molar refractivity (Wildman–Crippen MR) is 66.5 cm³/mol. The van der Waals surface area contributed by atoms with Crippen LogP contribution in [0.2, 0.25) is 0 Å². The molecule has 2 aromatic carbocycles. The molecule has 0 atom stereocenters. The van der Waals surface area contributed by atoms with Crippen molar-refractivity contribution in [2.24, 2.45) is 0 Å². The lowest BCUT2D eigenvalue weighted by molar-refractivity contribution is 0.385. The highest BCUT2D eigenvalue weighted by Gasteiger charge is 2.16. The summed E-state index contributed by atoms with van der Waals surface area (Å²) in [5.41, 5.74) is 2.11. The summed E-state index contributed by atoms with van der Waals surface area (Å²) in [4.78, 5) is 0. The highest BCUT2D eigenvalue weighted by atomic mass is 16.3. The summed E-state index contributed by atoms with van der Waals surface area (Å²) in [7, 11) is 0. The van der Waals surface area contributed by atoms with Gasteiger partial charge >= 0.3 is 0 Å². The average molecular weight is 210 g/mol. The molecule has 0 saturated heterocycles. The van der Waals surface area contributed by atoms with Gasteiger partial charge in [0.2, 0.25) is 0 Å². The number of allylic oxidation sites excluding steroid dienone is 1.